The Morgan fingerprint density at radius 3 is 3.00 bits per heavy atom. The fraction of sp³-hybridized carbons (Fsp3) is 0.579. The lowest BCUT2D eigenvalue weighted by molar-refractivity contribution is 0.226. The van der Waals surface area contributed by atoms with E-state index in [1.165, 1.54) is 32.1 Å². The second-order valence-electron chi connectivity index (χ2n) is 7.52. The number of halogens is 1. The minimum Gasteiger partial charge on any atom is -0.338 e. The fourth-order valence-electron chi connectivity index (χ4n) is 4.19. The van der Waals surface area contributed by atoms with E-state index in [4.69, 9.17) is 16.1 Å². The number of fused-ring (bicyclic) bond motifs is 1. The number of nitrogens with one attached hydrogen (secondary N) is 2. The molecule has 1 aliphatic heterocycles. The summed E-state index contributed by atoms with van der Waals surface area (Å²) in [6.07, 6.45) is 6.64. The molecule has 6 nitrogen and oxygen atoms in total. The van der Waals surface area contributed by atoms with Gasteiger partial charge in [0, 0.05) is 29.2 Å². The van der Waals surface area contributed by atoms with Crippen LogP contribution in [0.1, 0.15) is 38.0 Å². The summed E-state index contributed by atoms with van der Waals surface area (Å²) in [5, 5.41) is 4.76. The Morgan fingerprint density at radius 2 is 2.12 bits per heavy atom. The molecule has 0 amide bonds. The number of hydrazine groups is 1. The monoisotopic (exact) mass is 375 g/mol. The SMILES string of the molecule is CN(Cc1nc(-c2cccc(Cl)c2)no1)CC1NNC2CCCCCC21. The molecule has 3 unspecified atom stereocenters. The summed E-state index contributed by atoms with van der Waals surface area (Å²) in [7, 11) is 2.11. The van der Waals surface area contributed by atoms with Crippen LogP contribution in [0.15, 0.2) is 28.8 Å². The summed E-state index contributed by atoms with van der Waals surface area (Å²) in [5.41, 5.74) is 7.89. The Hall–Kier alpha value is -1.47. The van der Waals surface area contributed by atoms with Crippen molar-refractivity contribution in [3.05, 3.63) is 35.2 Å². The minimum absolute atomic E-state index is 0.471. The number of aromatic nitrogens is 2. The van der Waals surface area contributed by atoms with E-state index in [9.17, 15) is 0 Å². The zero-order valence-corrected chi connectivity index (χ0v) is 15.9. The number of hydrogen-bond donors (Lipinski definition) is 2. The Bertz CT molecular complexity index is 736. The van der Waals surface area contributed by atoms with Crippen molar-refractivity contribution in [2.75, 3.05) is 13.6 Å². The average Bonchev–Trinajstić information content (AvgIpc) is 3.15. The Labute approximate surface area is 159 Å². The smallest absolute Gasteiger partial charge is 0.241 e. The summed E-state index contributed by atoms with van der Waals surface area (Å²) >= 11 is 6.04. The highest BCUT2D eigenvalue weighted by atomic mass is 35.5. The van der Waals surface area contributed by atoms with Crippen LogP contribution in [0.25, 0.3) is 11.4 Å². The molecule has 1 saturated carbocycles. The molecular formula is C19H26ClN5O. The zero-order chi connectivity index (χ0) is 17.9. The summed E-state index contributed by atoms with van der Waals surface area (Å²) in [6, 6.07) is 8.60. The second kappa shape index (κ2) is 8.05. The van der Waals surface area contributed by atoms with Gasteiger partial charge in [-0.3, -0.25) is 15.8 Å². The molecule has 1 aromatic heterocycles. The van der Waals surface area contributed by atoms with Gasteiger partial charge in [0.05, 0.1) is 6.54 Å². The zero-order valence-electron chi connectivity index (χ0n) is 15.1. The van der Waals surface area contributed by atoms with Crippen LogP contribution in [0, 0.1) is 5.92 Å². The Morgan fingerprint density at radius 1 is 1.23 bits per heavy atom. The van der Waals surface area contributed by atoms with Crippen LogP contribution in [-0.4, -0.2) is 40.7 Å². The quantitative estimate of drug-likeness (QED) is 0.836. The molecule has 0 radical (unpaired) electrons. The molecule has 0 bridgehead atoms. The third-order valence-corrected chi connectivity index (χ3v) is 5.74. The first-order valence-electron chi connectivity index (χ1n) is 9.47. The van der Waals surface area contributed by atoms with E-state index in [1.807, 2.05) is 24.3 Å². The van der Waals surface area contributed by atoms with E-state index in [0.29, 0.717) is 41.3 Å². The molecule has 2 heterocycles. The summed E-state index contributed by atoms with van der Waals surface area (Å²) in [6.45, 7) is 1.60. The van der Waals surface area contributed by atoms with Gasteiger partial charge >= 0.3 is 0 Å². The number of benzene rings is 1. The van der Waals surface area contributed by atoms with E-state index in [1.54, 1.807) is 0 Å². The van der Waals surface area contributed by atoms with E-state index >= 15 is 0 Å². The number of hydrogen-bond acceptors (Lipinski definition) is 6. The highest BCUT2D eigenvalue weighted by molar-refractivity contribution is 6.30. The lowest BCUT2D eigenvalue weighted by Crippen LogP contribution is -2.41. The topological polar surface area (TPSA) is 66.2 Å². The number of likely N-dealkylation sites (N-methyl/N-ethyl adjacent to an activating group) is 1. The Balaban J connectivity index is 1.36. The van der Waals surface area contributed by atoms with Crippen LogP contribution in [0.5, 0.6) is 0 Å². The second-order valence-corrected chi connectivity index (χ2v) is 7.96. The summed E-state index contributed by atoms with van der Waals surface area (Å²) in [5.74, 6) is 1.93. The van der Waals surface area contributed by atoms with Crippen LogP contribution in [-0.2, 0) is 6.54 Å². The molecule has 1 aromatic carbocycles. The van der Waals surface area contributed by atoms with Crippen LogP contribution < -0.4 is 10.9 Å². The van der Waals surface area contributed by atoms with Crippen molar-refractivity contribution < 1.29 is 4.52 Å². The van der Waals surface area contributed by atoms with E-state index in [-0.39, 0.29) is 0 Å². The van der Waals surface area contributed by atoms with E-state index in [0.717, 1.165) is 12.1 Å². The van der Waals surface area contributed by atoms with Crippen molar-refractivity contribution in [2.45, 2.75) is 50.7 Å². The average molecular weight is 376 g/mol. The molecule has 7 heteroatoms. The van der Waals surface area contributed by atoms with Gasteiger partial charge in [-0.2, -0.15) is 4.98 Å². The first kappa shape index (κ1) is 17.9. The Kier molecular flexibility index (Phi) is 5.55. The maximum atomic E-state index is 6.04. The lowest BCUT2D eigenvalue weighted by Gasteiger charge is -2.25. The molecule has 26 heavy (non-hydrogen) atoms. The first-order chi connectivity index (χ1) is 12.7. The third-order valence-electron chi connectivity index (χ3n) is 5.50. The van der Waals surface area contributed by atoms with Crippen molar-refractivity contribution in [3.8, 4) is 11.4 Å². The van der Waals surface area contributed by atoms with Crippen LogP contribution >= 0.6 is 11.6 Å². The number of nitrogens with zero attached hydrogens (tertiary/aromatic N) is 3. The van der Waals surface area contributed by atoms with Gasteiger partial charge in [0.2, 0.25) is 11.7 Å². The van der Waals surface area contributed by atoms with Gasteiger partial charge in [0.1, 0.15) is 0 Å². The first-order valence-corrected chi connectivity index (χ1v) is 9.85. The highest BCUT2D eigenvalue weighted by Gasteiger charge is 2.36. The lowest BCUT2D eigenvalue weighted by atomic mass is 9.90. The third kappa shape index (κ3) is 4.09. The molecule has 2 fully saturated rings. The van der Waals surface area contributed by atoms with Gasteiger partial charge in [-0.25, -0.2) is 0 Å². The van der Waals surface area contributed by atoms with Crippen molar-refractivity contribution in [3.63, 3.8) is 0 Å². The van der Waals surface area contributed by atoms with Crippen molar-refractivity contribution in [1.29, 1.82) is 0 Å². The van der Waals surface area contributed by atoms with Gasteiger partial charge < -0.3 is 4.52 Å². The summed E-state index contributed by atoms with van der Waals surface area (Å²) in [4.78, 5) is 6.77. The molecule has 0 spiro atoms. The predicted octanol–water partition coefficient (Wildman–Crippen LogP) is 3.25. The van der Waals surface area contributed by atoms with Gasteiger partial charge in [0.15, 0.2) is 0 Å². The minimum atomic E-state index is 0.471. The maximum absolute atomic E-state index is 6.04. The molecule has 4 rings (SSSR count). The molecule has 3 atom stereocenters. The summed E-state index contributed by atoms with van der Waals surface area (Å²) < 4.78 is 5.44. The molecule has 1 aliphatic carbocycles. The van der Waals surface area contributed by atoms with Crippen molar-refractivity contribution in [1.82, 2.24) is 25.9 Å². The van der Waals surface area contributed by atoms with Gasteiger partial charge in [-0.15, -0.1) is 0 Å². The highest BCUT2D eigenvalue weighted by Crippen LogP contribution is 2.29. The molecule has 2 aliphatic rings. The van der Waals surface area contributed by atoms with Crippen LogP contribution in [0.2, 0.25) is 5.02 Å². The van der Waals surface area contributed by atoms with Crippen LogP contribution in [0.3, 0.4) is 0 Å². The van der Waals surface area contributed by atoms with Gasteiger partial charge in [-0.05, 0) is 37.9 Å². The largest absolute Gasteiger partial charge is 0.338 e. The van der Waals surface area contributed by atoms with Crippen LogP contribution in [0.4, 0.5) is 0 Å². The standard InChI is InChI=1S/C19H26ClN5O/c1-25(11-17-15-8-3-2-4-9-16(15)22-23-17)12-18-21-19(24-26-18)13-6-5-7-14(20)10-13/h5-7,10,15-17,22-23H,2-4,8-9,11-12H2,1H3. The van der Waals surface area contributed by atoms with Crippen molar-refractivity contribution >= 4 is 11.6 Å². The van der Waals surface area contributed by atoms with Gasteiger partial charge in [0.25, 0.3) is 0 Å². The van der Waals surface area contributed by atoms with Gasteiger partial charge in [-0.1, -0.05) is 48.2 Å². The molecule has 2 N–H and O–H groups in total. The maximum Gasteiger partial charge on any atom is 0.241 e. The fourth-order valence-corrected chi connectivity index (χ4v) is 4.38. The molecule has 140 valence electrons. The predicted molar refractivity (Wildman–Crippen MR) is 102 cm³/mol. The molecule has 1 saturated heterocycles. The van der Waals surface area contributed by atoms with E-state index < -0.39 is 0 Å². The molecule has 2 aromatic rings. The van der Waals surface area contributed by atoms with E-state index in [2.05, 4.69) is 32.9 Å². The normalized spacial score (nSPS) is 26.0. The number of rotatable bonds is 5. The molecular weight excluding hydrogens is 350 g/mol. The van der Waals surface area contributed by atoms with Crippen molar-refractivity contribution in [2.24, 2.45) is 5.92 Å².